The monoisotopic (exact) mass is 394 g/mol. The molecule has 0 saturated carbocycles. The number of anilines is 1. The number of aromatic nitrogens is 2. The number of benzene rings is 2. The minimum Gasteiger partial charge on any atom is -0.494 e. The van der Waals surface area contributed by atoms with E-state index in [2.05, 4.69) is 10.2 Å². The highest BCUT2D eigenvalue weighted by molar-refractivity contribution is 5.97. The van der Waals surface area contributed by atoms with E-state index in [0.29, 0.717) is 25.3 Å². The highest BCUT2D eigenvalue weighted by Crippen LogP contribution is 2.25. The Morgan fingerprint density at radius 3 is 2.86 bits per heavy atom. The van der Waals surface area contributed by atoms with Gasteiger partial charge in [0.2, 0.25) is 5.95 Å². The average Bonchev–Trinajstić information content (AvgIpc) is 3.31. The van der Waals surface area contributed by atoms with Crippen molar-refractivity contribution in [2.45, 2.75) is 18.9 Å². The number of carbonyl (C=O) groups is 1. The maximum Gasteiger partial charge on any atom is 0.251 e. The van der Waals surface area contributed by atoms with Crippen molar-refractivity contribution in [3.63, 3.8) is 0 Å². The van der Waals surface area contributed by atoms with Crippen molar-refractivity contribution in [1.29, 1.82) is 0 Å². The molecule has 1 aromatic heterocycles. The van der Waals surface area contributed by atoms with Gasteiger partial charge in [-0.3, -0.25) is 4.79 Å². The van der Waals surface area contributed by atoms with Crippen LogP contribution in [-0.2, 0) is 7.05 Å². The summed E-state index contributed by atoms with van der Waals surface area (Å²) in [5.74, 6) is 1.54. The van der Waals surface area contributed by atoms with Gasteiger partial charge in [-0.2, -0.15) is 0 Å². The van der Waals surface area contributed by atoms with Gasteiger partial charge in [0.15, 0.2) is 0 Å². The Bertz CT molecular complexity index is 986. The SMILES string of the molecule is Cn1c(N2CC[C@H](O)C2)nc2cc(C(=O)NCCCOc3ccccc3)ccc21. The van der Waals surface area contributed by atoms with E-state index in [1.807, 2.05) is 60.1 Å². The zero-order chi connectivity index (χ0) is 20.2. The van der Waals surface area contributed by atoms with Crippen LogP contribution in [0.1, 0.15) is 23.2 Å². The molecule has 152 valence electrons. The molecule has 4 rings (SSSR count). The topological polar surface area (TPSA) is 79.6 Å². The first kappa shape index (κ1) is 19.3. The molecule has 1 atom stereocenters. The Kier molecular flexibility index (Phi) is 5.67. The molecule has 1 fully saturated rings. The molecular formula is C22H26N4O3. The number of ether oxygens (including phenoxy) is 1. The number of nitrogens with zero attached hydrogens (tertiary/aromatic N) is 3. The standard InChI is InChI=1S/C22H26N4O3/c1-25-20-9-8-16(14-19(20)24-22(25)26-12-10-17(27)15-26)21(28)23-11-5-13-29-18-6-3-2-4-7-18/h2-4,6-9,14,17,27H,5,10-13,15H2,1H3,(H,23,28)/t17-/m0/s1. The van der Waals surface area contributed by atoms with Crippen molar-refractivity contribution in [1.82, 2.24) is 14.9 Å². The minimum atomic E-state index is -0.304. The lowest BCUT2D eigenvalue weighted by molar-refractivity contribution is 0.0951. The second kappa shape index (κ2) is 8.53. The minimum absolute atomic E-state index is 0.115. The lowest BCUT2D eigenvalue weighted by Crippen LogP contribution is -2.25. The summed E-state index contributed by atoms with van der Waals surface area (Å²) in [5, 5.41) is 12.7. The zero-order valence-electron chi connectivity index (χ0n) is 16.5. The number of nitrogens with one attached hydrogen (secondary N) is 1. The number of aryl methyl sites for hydroxylation is 1. The normalized spacial score (nSPS) is 16.3. The molecule has 2 heterocycles. The summed E-state index contributed by atoms with van der Waals surface area (Å²) < 4.78 is 7.65. The fourth-order valence-electron chi connectivity index (χ4n) is 3.62. The molecule has 7 heteroatoms. The van der Waals surface area contributed by atoms with Crippen LogP contribution in [-0.4, -0.2) is 52.9 Å². The van der Waals surface area contributed by atoms with Crippen molar-refractivity contribution in [3.8, 4) is 5.75 Å². The summed E-state index contributed by atoms with van der Waals surface area (Å²) in [5.41, 5.74) is 2.34. The Hall–Kier alpha value is -3.06. The Morgan fingerprint density at radius 1 is 1.28 bits per heavy atom. The van der Waals surface area contributed by atoms with Crippen molar-refractivity contribution >= 4 is 22.9 Å². The van der Waals surface area contributed by atoms with Crippen LogP contribution in [0, 0.1) is 0 Å². The molecule has 2 N–H and O–H groups in total. The number of β-amino-alcohol motifs (C(OH)–C–C–N with tert-alkyl or cyclic N) is 1. The molecule has 0 aliphatic carbocycles. The van der Waals surface area contributed by atoms with Gasteiger partial charge in [0.05, 0.1) is 23.7 Å². The average molecular weight is 394 g/mol. The first-order valence-electron chi connectivity index (χ1n) is 9.97. The van der Waals surface area contributed by atoms with E-state index in [1.165, 1.54) is 0 Å². The van der Waals surface area contributed by atoms with Crippen LogP contribution < -0.4 is 15.0 Å². The number of hydrogen-bond donors (Lipinski definition) is 2. The number of carbonyl (C=O) groups excluding carboxylic acids is 1. The summed E-state index contributed by atoms with van der Waals surface area (Å²) >= 11 is 0. The highest BCUT2D eigenvalue weighted by Gasteiger charge is 2.24. The van der Waals surface area contributed by atoms with E-state index in [1.54, 1.807) is 0 Å². The third-order valence-corrected chi connectivity index (χ3v) is 5.18. The second-order valence-corrected chi connectivity index (χ2v) is 7.33. The van der Waals surface area contributed by atoms with Gasteiger partial charge in [-0.25, -0.2) is 4.98 Å². The van der Waals surface area contributed by atoms with Gasteiger partial charge >= 0.3 is 0 Å². The molecule has 0 unspecified atom stereocenters. The molecular weight excluding hydrogens is 368 g/mol. The molecule has 1 saturated heterocycles. The molecule has 2 aromatic carbocycles. The highest BCUT2D eigenvalue weighted by atomic mass is 16.5. The van der Waals surface area contributed by atoms with Crippen molar-refractivity contribution in [2.24, 2.45) is 7.05 Å². The van der Waals surface area contributed by atoms with Crippen LogP contribution in [0.2, 0.25) is 0 Å². The Balaban J connectivity index is 1.34. The number of para-hydroxylation sites is 1. The number of hydrogen-bond acceptors (Lipinski definition) is 5. The number of aliphatic hydroxyl groups excluding tert-OH is 1. The maximum absolute atomic E-state index is 12.5. The van der Waals surface area contributed by atoms with Crippen molar-refractivity contribution in [3.05, 3.63) is 54.1 Å². The lowest BCUT2D eigenvalue weighted by Gasteiger charge is -2.16. The van der Waals surface area contributed by atoms with Crippen molar-refractivity contribution < 1.29 is 14.6 Å². The van der Waals surface area contributed by atoms with Gasteiger partial charge in [-0.05, 0) is 43.2 Å². The smallest absolute Gasteiger partial charge is 0.251 e. The largest absolute Gasteiger partial charge is 0.494 e. The lowest BCUT2D eigenvalue weighted by atomic mass is 10.2. The fraction of sp³-hybridized carbons (Fsp3) is 0.364. The molecule has 7 nitrogen and oxygen atoms in total. The molecule has 1 amide bonds. The molecule has 0 bridgehead atoms. The van der Waals surface area contributed by atoms with Gasteiger partial charge < -0.3 is 24.6 Å². The number of imidazole rings is 1. The van der Waals surface area contributed by atoms with E-state index in [4.69, 9.17) is 9.72 Å². The van der Waals surface area contributed by atoms with Crippen LogP contribution in [0.4, 0.5) is 5.95 Å². The van der Waals surface area contributed by atoms with E-state index in [-0.39, 0.29) is 12.0 Å². The molecule has 1 aliphatic heterocycles. The quantitative estimate of drug-likeness (QED) is 0.602. The van der Waals surface area contributed by atoms with Gasteiger partial charge in [-0.1, -0.05) is 18.2 Å². The fourth-order valence-corrected chi connectivity index (χ4v) is 3.62. The van der Waals surface area contributed by atoms with Crippen molar-refractivity contribution in [2.75, 3.05) is 31.1 Å². The third-order valence-electron chi connectivity index (χ3n) is 5.18. The van der Waals surface area contributed by atoms with E-state index in [9.17, 15) is 9.90 Å². The first-order valence-corrected chi connectivity index (χ1v) is 9.97. The Labute approximate surface area is 169 Å². The zero-order valence-corrected chi connectivity index (χ0v) is 16.5. The second-order valence-electron chi connectivity index (χ2n) is 7.33. The molecule has 3 aromatic rings. The van der Waals surface area contributed by atoms with Gasteiger partial charge in [0.1, 0.15) is 5.75 Å². The summed E-state index contributed by atoms with van der Waals surface area (Å²) in [6.45, 7) is 2.48. The third kappa shape index (κ3) is 4.35. The number of aliphatic hydroxyl groups is 1. The maximum atomic E-state index is 12.5. The number of amides is 1. The summed E-state index contributed by atoms with van der Waals surface area (Å²) in [6.07, 6.45) is 1.18. The molecule has 1 aliphatic rings. The van der Waals surface area contributed by atoms with Gasteiger partial charge in [0.25, 0.3) is 5.91 Å². The van der Waals surface area contributed by atoms with Crippen LogP contribution in [0.15, 0.2) is 48.5 Å². The van der Waals surface area contributed by atoms with Gasteiger partial charge in [-0.15, -0.1) is 0 Å². The predicted molar refractivity (Wildman–Crippen MR) is 112 cm³/mol. The summed E-state index contributed by atoms with van der Waals surface area (Å²) in [4.78, 5) is 19.3. The molecule has 0 spiro atoms. The predicted octanol–water partition coefficient (Wildman–Crippen LogP) is 2.34. The first-order chi connectivity index (χ1) is 14.1. The summed E-state index contributed by atoms with van der Waals surface area (Å²) in [7, 11) is 1.96. The van der Waals surface area contributed by atoms with Gasteiger partial charge in [0, 0.05) is 32.2 Å². The Morgan fingerprint density at radius 2 is 2.10 bits per heavy atom. The molecule has 0 radical (unpaired) electrons. The van der Waals surface area contributed by atoms with E-state index in [0.717, 1.165) is 42.1 Å². The van der Waals surface area contributed by atoms with Crippen LogP contribution in [0.25, 0.3) is 11.0 Å². The summed E-state index contributed by atoms with van der Waals surface area (Å²) in [6, 6.07) is 15.2. The van der Waals surface area contributed by atoms with Crippen LogP contribution in [0.3, 0.4) is 0 Å². The van der Waals surface area contributed by atoms with E-state index < -0.39 is 0 Å². The van der Waals surface area contributed by atoms with Crippen LogP contribution in [0.5, 0.6) is 5.75 Å². The van der Waals surface area contributed by atoms with Crippen LogP contribution >= 0.6 is 0 Å². The number of rotatable bonds is 7. The number of fused-ring (bicyclic) bond motifs is 1. The molecule has 29 heavy (non-hydrogen) atoms. The van der Waals surface area contributed by atoms with E-state index >= 15 is 0 Å².